The van der Waals surface area contributed by atoms with Crippen LogP contribution in [0.25, 0.3) is 11.1 Å². The summed E-state index contributed by atoms with van der Waals surface area (Å²) in [6, 6.07) is 15.6. The third kappa shape index (κ3) is 5.42. The van der Waals surface area contributed by atoms with Gasteiger partial charge in [-0.15, -0.1) is 0 Å². The Balaban J connectivity index is 1.73. The highest BCUT2D eigenvalue weighted by atomic mass is 16.5. The van der Waals surface area contributed by atoms with Gasteiger partial charge in [-0.25, -0.2) is 4.79 Å². The Kier molecular flexibility index (Phi) is 7.07. The Morgan fingerprint density at radius 3 is 2.41 bits per heavy atom. The predicted molar refractivity (Wildman–Crippen MR) is 115 cm³/mol. The van der Waals surface area contributed by atoms with Gasteiger partial charge in [0, 0.05) is 32.5 Å². The van der Waals surface area contributed by atoms with Crippen molar-refractivity contribution < 1.29 is 24.2 Å². The van der Waals surface area contributed by atoms with E-state index in [0.29, 0.717) is 5.56 Å². The lowest BCUT2D eigenvalue weighted by Gasteiger charge is -2.36. The van der Waals surface area contributed by atoms with Gasteiger partial charge >= 0.3 is 6.09 Å². The third-order valence-corrected chi connectivity index (χ3v) is 5.49. The number of nitrogens with zero attached hydrogens (tertiary/aromatic N) is 1. The van der Waals surface area contributed by atoms with Crippen LogP contribution in [0.5, 0.6) is 0 Å². The van der Waals surface area contributed by atoms with Crippen molar-refractivity contribution in [1.29, 1.82) is 5.26 Å². The molecule has 1 heterocycles. The standard InChI is InChI=1S/C23H24N4O5/c24-14-16-2-1-3-18(12-16)17-6-4-15(5-7-17)13-19(20(25)28)26-21(29)23(27-22(30)31)8-10-32-11-9-23/h1-7,12,19,27H,8-11,13H2,(H2,25,28)(H,26,29)(H,30,31). The Hall–Kier alpha value is -3.90. The Labute approximate surface area is 185 Å². The molecular weight excluding hydrogens is 412 g/mol. The molecule has 32 heavy (non-hydrogen) atoms. The largest absolute Gasteiger partial charge is 0.465 e. The van der Waals surface area contributed by atoms with Crippen LogP contribution in [0.3, 0.4) is 0 Å². The number of nitrogens with two attached hydrogens (primary N) is 1. The minimum atomic E-state index is -1.37. The van der Waals surface area contributed by atoms with E-state index in [9.17, 15) is 14.4 Å². The van der Waals surface area contributed by atoms with Gasteiger partial charge in [-0.1, -0.05) is 36.4 Å². The lowest BCUT2D eigenvalue weighted by molar-refractivity contribution is -0.134. The first-order valence-corrected chi connectivity index (χ1v) is 10.1. The molecule has 0 saturated carbocycles. The lowest BCUT2D eigenvalue weighted by atomic mass is 9.88. The smallest absolute Gasteiger partial charge is 0.405 e. The molecule has 0 spiro atoms. The first-order valence-electron chi connectivity index (χ1n) is 10.1. The van der Waals surface area contributed by atoms with Crippen molar-refractivity contribution in [3.8, 4) is 17.2 Å². The fourth-order valence-corrected chi connectivity index (χ4v) is 3.69. The molecule has 3 rings (SSSR count). The maximum Gasteiger partial charge on any atom is 0.405 e. The summed E-state index contributed by atoms with van der Waals surface area (Å²) in [5.74, 6) is -1.32. The maximum absolute atomic E-state index is 12.9. The first-order chi connectivity index (χ1) is 15.3. The zero-order valence-corrected chi connectivity index (χ0v) is 17.3. The topological polar surface area (TPSA) is 155 Å². The second-order valence-electron chi connectivity index (χ2n) is 7.65. The van der Waals surface area contributed by atoms with Crippen LogP contribution in [0.15, 0.2) is 48.5 Å². The molecule has 0 bridgehead atoms. The molecule has 1 aliphatic rings. The molecule has 1 unspecified atom stereocenters. The lowest BCUT2D eigenvalue weighted by Crippen LogP contribution is -2.63. The van der Waals surface area contributed by atoms with Crippen molar-refractivity contribution >= 4 is 17.9 Å². The highest BCUT2D eigenvalue weighted by Gasteiger charge is 2.42. The minimum Gasteiger partial charge on any atom is -0.465 e. The van der Waals surface area contributed by atoms with Crippen LogP contribution in [0.2, 0.25) is 0 Å². The van der Waals surface area contributed by atoms with Gasteiger partial charge < -0.3 is 26.2 Å². The summed E-state index contributed by atoms with van der Waals surface area (Å²) in [7, 11) is 0. The van der Waals surface area contributed by atoms with Crippen molar-refractivity contribution in [3.63, 3.8) is 0 Å². The summed E-state index contributed by atoms with van der Waals surface area (Å²) in [4.78, 5) is 36.2. The Morgan fingerprint density at radius 2 is 1.81 bits per heavy atom. The van der Waals surface area contributed by atoms with Crippen LogP contribution in [-0.4, -0.2) is 47.8 Å². The summed E-state index contributed by atoms with van der Waals surface area (Å²) in [5.41, 5.74) is 7.25. The second kappa shape index (κ2) is 9.94. The van der Waals surface area contributed by atoms with E-state index in [4.69, 9.17) is 20.8 Å². The molecule has 3 amide bonds. The third-order valence-electron chi connectivity index (χ3n) is 5.49. The molecule has 2 aromatic carbocycles. The molecule has 5 N–H and O–H groups in total. The van der Waals surface area contributed by atoms with Crippen molar-refractivity contribution in [3.05, 3.63) is 59.7 Å². The number of nitrogens with one attached hydrogen (secondary N) is 2. The SMILES string of the molecule is N#Cc1cccc(-c2ccc(CC(NC(=O)C3(NC(=O)O)CCOCC3)C(N)=O)cc2)c1. The number of carbonyl (C=O) groups is 3. The van der Waals surface area contributed by atoms with E-state index in [-0.39, 0.29) is 32.5 Å². The van der Waals surface area contributed by atoms with Crippen LogP contribution >= 0.6 is 0 Å². The highest BCUT2D eigenvalue weighted by molar-refractivity contribution is 5.93. The number of carbonyl (C=O) groups excluding carboxylic acids is 2. The van der Waals surface area contributed by atoms with Crippen molar-refractivity contribution in [1.82, 2.24) is 10.6 Å². The van der Waals surface area contributed by atoms with Gasteiger partial charge in [-0.3, -0.25) is 9.59 Å². The van der Waals surface area contributed by atoms with Crippen LogP contribution < -0.4 is 16.4 Å². The summed E-state index contributed by atoms with van der Waals surface area (Å²) in [6.45, 7) is 0.451. The molecule has 0 radical (unpaired) electrons. The summed E-state index contributed by atoms with van der Waals surface area (Å²) in [6.07, 6.45) is -0.854. The van der Waals surface area contributed by atoms with Gasteiger partial charge in [0.2, 0.25) is 11.8 Å². The normalized spacial score (nSPS) is 15.7. The van der Waals surface area contributed by atoms with Gasteiger partial charge in [0.1, 0.15) is 11.6 Å². The Morgan fingerprint density at radius 1 is 1.12 bits per heavy atom. The van der Waals surface area contributed by atoms with E-state index in [1.165, 1.54) is 0 Å². The molecule has 0 aromatic heterocycles. The highest BCUT2D eigenvalue weighted by Crippen LogP contribution is 2.23. The van der Waals surface area contributed by atoms with E-state index in [1.807, 2.05) is 30.3 Å². The molecule has 0 aliphatic carbocycles. The van der Waals surface area contributed by atoms with E-state index >= 15 is 0 Å². The molecule has 2 aromatic rings. The van der Waals surface area contributed by atoms with Crippen LogP contribution in [0, 0.1) is 11.3 Å². The fourth-order valence-electron chi connectivity index (χ4n) is 3.69. The van der Waals surface area contributed by atoms with E-state index in [2.05, 4.69) is 16.7 Å². The number of rotatable bonds is 7. The molecule has 9 nitrogen and oxygen atoms in total. The van der Waals surface area contributed by atoms with E-state index < -0.39 is 29.5 Å². The van der Waals surface area contributed by atoms with Crippen LogP contribution in [0.1, 0.15) is 24.0 Å². The van der Waals surface area contributed by atoms with Gasteiger partial charge in [0.05, 0.1) is 11.6 Å². The number of ether oxygens (including phenoxy) is 1. The number of benzene rings is 2. The van der Waals surface area contributed by atoms with Gasteiger partial charge in [0.15, 0.2) is 0 Å². The zero-order valence-electron chi connectivity index (χ0n) is 17.3. The molecule has 1 fully saturated rings. The molecule has 1 aliphatic heterocycles. The quantitative estimate of drug-likeness (QED) is 0.516. The van der Waals surface area contributed by atoms with E-state index in [0.717, 1.165) is 16.7 Å². The second-order valence-corrected chi connectivity index (χ2v) is 7.65. The molecular formula is C23H24N4O5. The maximum atomic E-state index is 12.9. The predicted octanol–water partition coefficient (Wildman–Crippen LogP) is 1.55. The number of hydrogen-bond donors (Lipinski definition) is 4. The summed E-state index contributed by atoms with van der Waals surface area (Å²) >= 11 is 0. The summed E-state index contributed by atoms with van der Waals surface area (Å²) < 4.78 is 5.24. The molecule has 1 atom stereocenters. The van der Waals surface area contributed by atoms with Gasteiger partial charge in [-0.05, 0) is 28.8 Å². The average Bonchev–Trinajstić information content (AvgIpc) is 2.79. The Bertz CT molecular complexity index is 1040. The first kappa shape index (κ1) is 22.8. The number of nitriles is 1. The average molecular weight is 436 g/mol. The van der Waals surface area contributed by atoms with E-state index in [1.54, 1.807) is 18.2 Å². The summed E-state index contributed by atoms with van der Waals surface area (Å²) in [5, 5.41) is 23.1. The van der Waals surface area contributed by atoms with Crippen LogP contribution in [-0.2, 0) is 20.7 Å². The minimum absolute atomic E-state index is 0.152. The number of primary amides is 1. The van der Waals surface area contributed by atoms with Gasteiger partial charge in [-0.2, -0.15) is 5.26 Å². The number of hydrogen-bond acceptors (Lipinski definition) is 5. The van der Waals surface area contributed by atoms with Crippen LogP contribution in [0.4, 0.5) is 4.79 Å². The van der Waals surface area contributed by atoms with Crippen molar-refractivity contribution in [2.24, 2.45) is 5.73 Å². The number of amides is 3. The fraction of sp³-hybridized carbons (Fsp3) is 0.304. The monoisotopic (exact) mass is 436 g/mol. The number of carboxylic acid groups (broad SMARTS) is 1. The zero-order chi connectivity index (χ0) is 23.1. The molecule has 1 saturated heterocycles. The van der Waals surface area contributed by atoms with Crippen molar-refractivity contribution in [2.75, 3.05) is 13.2 Å². The molecule has 9 heteroatoms. The van der Waals surface area contributed by atoms with Gasteiger partial charge in [0.25, 0.3) is 0 Å². The molecule has 166 valence electrons. The van der Waals surface area contributed by atoms with Crippen molar-refractivity contribution in [2.45, 2.75) is 30.8 Å².